The Hall–Kier alpha value is -2.90. The summed E-state index contributed by atoms with van der Waals surface area (Å²) in [5, 5.41) is 17.1. The zero-order valence-electron chi connectivity index (χ0n) is 14.6. The molecule has 0 bridgehead atoms. The molecule has 1 aliphatic rings. The van der Waals surface area contributed by atoms with Gasteiger partial charge in [-0.3, -0.25) is 4.79 Å². The fraction of sp³-hybridized carbons (Fsp3) is 0.200. The molecule has 7 heteroatoms. The fourth-order valence-corrected chi connectivity index (χ4v) is 3.92. The third-order valence-electron chi connectivity index (χ3n) is 4.40. The lowest BCUT2D eigenvalue weighted by Gasteiger charge is -2.27. The molecule has 1 fully saturated rings. The van der Waals surface area contributed by atoms with Gasteiger partial charge < -0.3 is 14.7 Å². The van der Waals surface area contributed by atoms with Crippen molar-refractivity contribution in [2.75, 3.05) is 31.2 Å². The number of amides is 1. The highest BCUT2D eigenvalue weighted by atomic mass is 32.1. The van der Waals surface area contributed by atoms with Crippen LogP contribution in [0.4, 0.5) is 5.00 Å². The van der Waals surface area contributed by atoms with E-state index in [-0.39, 0.29) is 11.3 Å². The van der Waals surface area contributed by atoms with E-state index in [4.69, 9.17) is 4.74 Å². The Labute approximate surface area is 160 Å². The quantitative estimate of drug-likeness (QED) is 0.538. The number of aromatic hydroxyl groups is 1. The van der Waals surface area contributed by atoms with Gasteiger partial charge in [-0.05, 0) is 35.0 Å². The largest absolute Gasteiger partial charge is 0.507 e. The van der Waals surface area contributed by atoms with Crippen LogP contribution in [0.3, 0.4) is 0 Å². The van der Waals surface area contributed by atoms with Crippen molar-refractivity contribution in [3.8, 4) is 5.75 Å². The van der Waals surface area contributed by atoms with Crippen molar-refractivity contribution in [2.24, 2.45) is 5.10 Å². The summed E-state index contributed by atoms with van der Waals surface area (Å²) in [6, 6.07) is 14.8. The van der Waals surface area contributed by atoms with Crippen LogP contribution in [-0.4, -0.2) is 43.5 Å². The molecular weight excluding hydrogens is 362 g/mol. The van der Waals surface area contributed by atoms with E-state index >= 15 is 0 Å². The van der Waals surface area contributed by atoms with Gasteiger partial charge in [0.05, 0.1) is 30.0 Å². The van der Waals surface area contributed by atoms with Crippen molar-refractivity contribution in [3.63, 3.8) is 0 Å². The first kappa shape index (κ1) is 17.5. The first-order valence-corrected chi connectivity index (χ1v) is 9.50. The first-order valence-electron chi connectivity index (χ1n) is 8.68. The number of anilines is 1. The fourth-order valence-electron chi connectivity index (χ4n) is 2.99. The summed E-state index contributed by atoms with van der Waals surface area (Å²) in [4.78, 5) is 15.6. The Morgan fingerprint density at radius 3 is 2.67 bits per heavy atom. The lowest BCUT2D eigenvalue weighted by atomic mass is 10.1. The SMILES string of the molecule is O=C(NN=Cc1ccc(N2CCOCC2)s1)c1cc2ccccc2cc1O. The van der Waals surface area contributed by atoms with Gasteiger partial charge in [0.25, 0.3) is 5.91 Å². The lowest BCUT2D eigenvalue weighted by molar-refractivity contribution is 0.0952. The van der Waals surface area contributed by atoms with E-state index in [1.807, 2.05) is 36.4 Å². The zero-order chi connectivity index (χ0) is 18.6. The molecular formula is C20H19N3O3S. The molecule has 6 nitrogen and oxygen atoms in total. The minimum absolute atomic E-state index is 0.0628. The Balaban J connectivity index is 1.43. The molecule has 2 N–H and O–H groups in total. The highest BCUT2D eigenvalue weighted by Crippen LogP contribution is 2.26. The van der Waals surface area contributed by atoms with Gasteiger partial charge in [-0.2, -0.15) is 5.10 Å². The predicted molar refractivity (Wildman–Crippen MR) is 108 cm³/mol. The van der Waals surface area contributed by atoms with Crippen molar-refractivity contribution in [2.45, 2.75) is 0 Å². The standard InChI is InChI=1S/C20H19N3O3S/c24-18-12-15-4-2-1-3-14(15)11-17(18)20(25)22-21-13-16-5-6-19(27-16)23-7-9-26-10-8-23/h1-6,11-13,24H,7-10H2,(H,22,25). The molecule has 2 heterocycles. The first-order chi connectivity index (χ1) is 13.2. The molecule has 0 aliphatic carbocycles. The molecule has 1 aliphatic heterocycles. The lowest BCUT2D eigenvalue weighted by Crippen LogP contribution is -2.35. The van der Waals surface area contributed by atoms with Gasteiger partial charge in [0.1, 0.15) is 5.75 Å². The second-order valence-electron chi connectivity index (χ2n) is 6.19. The van der Waals surface area contributed by atoms with E-state index in [0.29, 0.717) is 0 Å². The average molecular weight is 381 g/mol. The number of hydrazone groups is 1. The van der Waals surface area contributed by atoms with Crippen molar-refractivity contribution in [1.82, 2.24) is 5.43 Å². The monoisotopic (exact) mass is 381 g/mol. The number of nitrogens with zero attached hydrogens (tertiary/aromatic N) is 2. The number of rotatable bonds is 4. The average Bonchev–Trinajstić information content (AvgIpc) is 3.17. The van der Waals surface area contributed by atoms with Crippen LogP contribution in [0.15, 0.2) is 53.6 Å². The van der Waals surface area contributed by atoms with E-state index < -0.39 is 5.91 Å². The summed E-state index contributed by atoms with van der Waals surface area (Å²) in [5.74, 6) is -0.508. The van der Waals surface area contributed by atoms with Crippen molar-refractivity contribution >= 4 is 39.2 Å². The molecule has 0 atom stereocenters. The summed E-state index contributed by atoms with van der Waals surface area (Å²) in [6.07, 6.45) is 1.62. The number of hydrogen-bond acceptors (Lipinski definition) is 6. The Kier molecular flexibility index (Phi) is 5.04. The third kappa shape index (κ3) is 3.94. The Morgan fingerprint density at radius 2 is 1.89 bits per heavy atom. The molecule has 27 heavy (non-hydrogen) atoms. The highest BCUT2D eigenvalue weighted by molar-refractivity contribution is 7.17. The number of carbonyl (C=O) groups excluding carboxylic acids is 1. The van der Waals surface area contributed by atoms with E-state index in [1.165, 1.54) is 5.00 Å². The molecule has 0 saturated carbocycles. The van der Waals surface area contributed by atoms with Crippen LogP contribution in [-0.2, 0) is 4.74 Å². The molecule has 1 saturated heterocycles. The molecule has 0 unspecified atom stereocenters. The maximum atomic E-state index is 12.3. The van der Waals surface area contributed by atoms with E-state index in [2.05, 4.69) is 15.4 Å². The Morgan fingerprint density at radius 1 is 1.15 bits per heavy atom. The molecule has 0 spiro atoms. The summed E-state index contributed by atoms with van der Waals surface area (Å²) >= 11 is 1.61. The summed E-state index contributed by atoms with van der Waals surface area (Å²) < 4.78 is 5.37. The molecule has 1 amide bonds. The molecule has 1 aromatic heterocycles. The van der Waals surface area contributed by atoms with E-state index in [9.17, 15) is 9.90 Å². The number of benzene rings is 2. The smallest absolute Gasteiger partial charge is 0.275 e. The van der Waals surface area contributed by atoms with Crippen LogP contribution >= 0.6 is 11.3 Å². The minimum Gasteiger partial charge on any atom is -0.507 e. The normalized spacial score (nSPS) is 14.7. The number of thiophene rings is 1. The molecule has 0 radical (unpaired) electrons. The van der Waals surface area contributed by atoms with Crippen LogP contribution < -0.4 is 10.3 Å². The Bertz CT molecular complexity index is 993. The number of phenolic OH excluding ortho intramolecular Hbond substituents is 1. The number of morpholine rings is 1. The maximum absolute atomic E-state index is 12.3. The van der Waals surface area contributed by atoms with Crippen LogP contribution in [0, 0.1) is 0 Å². The van der Waals surface area contributed by atoms with E-state index in [0.717, 1.165) is 42.0 Å². The van der Waals surface area contributed by atoms with Gasteiger partial charge in [-0.25, -0.2) is 5.43 Å². The highest BCUT2D eigenvalue weighted by Gasteiger charge is 2.13. The van der Waals surface area contributed by atoms with Gasteiger partial charge in [-0.15, -0.1) is 11.3 Å². The van der Waals surface area contributed by atoms with Gasteiger partial charge in [0, 0.05) is 18.0 Å². The van der Waals surface area contributed by atoms with Crippen LogP contribution in [0.25, 0.3) is 10.8 Å². The van der Waals surface area contributed by atoms with Crippen LogP contribution in [0.1, 0.15) is 15.2 Å². The van der Waals surface area contributed by atoms with Crippen molar-refractivity contribution in [3.05, 3.63) is 59.0 Å². The second-order valence-corrected chi connectivity index (χ2v) is 7.28. The minimum atomic E-state index is -0.445. The molecule has 4 rings (SSSR count). The summed E-state index contributed by atoms with van der Waals surface area (Å²) in [6.45, 7) is 3.25. The number of ether oxygens (including phenoxy) is 1. The van der Waals surface area contributed by atoms with Crippen molar-refractivity contribution < 1.29 is 14.6 Å². The van der Waals surface area contributed by atoms with Gasteiger partial charge in [0.2, 0.25) is 0 Å². The van der Waals surface area contributed by atoms with Crippen molar-refractivity contribution in [1.29, 1.82) is 0 Å². The number of nitrogens with one attached hydrogen (secondary N) is 1. The van der Waals surface area contributed by atoms with Gasteiger partial charge in [-0.1, -0.05) is 24.3 Å². The van der Waals surface area contributed by atoms with Gasteiger partial charge >= 0.3 is 0 Å². The topological polar surface area (TPSA) is 74.2 Å². The zero-order valence-corrected chi connectivity index (χ0v) is 15.4. The maximum Gasteiger partial charge on any atom is 0.275 e. The summed E-state index contributed by atoms with van der Waals surface area (Å²) in [7, 11) is 0. The van der Waals surface area contributed by atoms with E-state index in [1.54, 1.807) is 29.7 Å². The van der Waals surface area contributed by atoms with Crippen LogP contribution in [0.5, 0.6) is 5.75 Å². The van der Waals surface area contributed by atoms with Gasteiger partial charge in [0.15, 0.2) is 0 Å². The number of hydrogen-bond donors (Lipinski definition) is 2. The second kappa shape index (κ2) is 7.77. The van der Waals surface area contributed by atoms with Crippen LogP contribution in [0.2, 0.25) is 0 Å². The predicted octanol–water partition coefficient (Wildman–Crippen LogP) is 3.21. The molecule has 138 valence electrons. The number of carbonyl (C=O) groups is 1. The summed E-state index contributed by atoms with van der Waals surface area (Å²) in [5.41, 5.74) is 2.69. The molecule has 2 aromatic carbocycles. The number of phenols is 1. The number of fused-ring (bicyclic) bond motifs is 1. The molecule has 3 aromatic rings. The third-order valence-corrected chi connectivity index (χ3v) is 5.48.